The fourth-order valence-electron chi connectivity index (χ4n) is 4.73. The standard InChI is InChI=1S/C23H34N6O3/c1-2-3-4-5-6-7-12-23(20(30)27-22(32)28-21(23)31)18-15-26-13-14-29(18)17-10-8-16(9-11-17)19(24)25/h8-11,18,26H,2-7,12-15H2,1H3,(H3,24,25)(H2,27,28,30,31,32). The quantitative estimate of drug-likeness (QED) is 0.162. The van der Waals surface area contributed by atoms with Crippen molar-refractivity contribution in [2.24, 2.45) is 11.1 Å². The molecule has 2 heterocycles. The fourth-order valence-corrected chi connectivity index (χ4v) is 4.73. The second-order valence-corrected chi connectivity index (χ2v) is 8.60. The van der Waals surface area contributed by atoms with Crippen LogP contribution in [0.25, 0.3) is 0 Å². The van der Waals surface area contributed by atoms with Gasteiger partial charge in [0.1, 0.15) is 11.3 Å². The highest BCUT2D eigenvalue weighted by Gasteiger charge is 2.57. The minimum Gasteiger partial charge on any atom is -0.384 e. The van der Waals surface area contributed by atoms with Crippen molar-refractivity contribution in [3.05, 3.63) is 29.8 Å². The van der Waals surface area contributed by atoms with Gasteiger partial charge in [-0.1, -0.05) is 45.4 Å². The predicted molar refractivity (Wildman–Crippen MR) is 124 cm³/mol. The number of nitrogens with one attached hydrogen (secondary N) is 4. The lowest BCUT2D eigenvalue weighted by Gasteiger charge is -2.48. The Balaban J connectivity index is 1.88. The van der Waals surface area contributed by atoms with Crippen LogP contribution in [0.2, 0.25) is 0 Å². The van der Waals surface area contributed by atoms with Crippen molar-refractivity contribution < 1.29 is 14.4 Å². The number of carbonyl (C=O) groups excluding carboxylic acids is 3. The van der Waals surface area contributed by atoms with Gasteiger partial charge in [-0.25, -0.2) is 4.79 Å². The van der Waals surface area contributed by atoms with E-state index in [4.69, 9.17) is 11.1 Å². The number of rotatable bonds is 10. The molecule has 1 atom stereocenters. The van der Waals surface area contributed by atoms with Crippen molar-refractivity contribution in [2.75, 3.05) is 24.5 Å². The maximum absolute atomic E-state index is 13.2. The topological polar surface area (TPSA) is 140 Å². The zero-order chi connectivity index (χ0) is 23.1. The van der Waals surface area contributed by atoms with Crippen LogP contribution in [0.1, 0.15) is 57.4 Å². The summed E-state index contributed by atoms with van der Waals surface area (Å²) in [5.74, 6) is -1.07. The van der Waals surface area contributed by atoms with E-state index in [9.17, 15) is 14.4 Å². The molecule has 1 unspecified atom stereocenters. The number of carbonyl (C=O) groups is 3. The molecule has 9 nitrogen and oxygen atoms in total. The molecule has 3 rings (SSSR count). The number of hydrogen-bond donors (Lipinski definition) is 5. The number of hydrogen-bond acceptors (Lipinski definition) is 6. The highest BCUT2D eigenvalue weighted by molar-refractivity contribution is 6.20. The van der Waals surface area contributed by atoms with Gasteiger partial charge in [-0.3, -0.25) is 25.6 Å². The Kier molecular flexibility index (Phi) is 7.84. The number of anilines is 1. The van der Waals surface area contributed by atoms with Crippen LogP contribution < -0.4 is 26.6 Å². The normalized spacial score (nSPS) is 20.6. The van der Waals surface area contributed by atoms with Crippen LogP contribution in [-0.4, -0.2) is 49.4 Å². The SMILES string of the molecule is CCCCCCCCC1(C2CNCCN2c2ccc(C(=N)N)cc2)C(=O)NC(=O)NC1=O. The number of piperazine rings is 1. The van der Waals surface area contributed by atoms with Gasteiger partial charge in [0.25, 0.3) is 0 Å². The van der Waals surface area contributed by atoms with Crippen LogP contribution in [0, 0.1) is 10.8 Å². The maximum Gasteiger partial charge on any atom is 0.328 e. The zero-order valence-electron chi connectivity index (χ0n) is 18.7. The van der Waals surface area contributed by atoms with Gasteiger partial charge < -0.3 is 16.0 Å². The van der Waals surface area contributed by atoms with Gasteiger partial charge in [0.15, 0.2) is 0 Å². The number of nitrogen functional groups attached to an aromatic ring is 1. The van der Waals surface area contributed by atoms with E-state index in [-0.39, 0.29) is 5.84 Å². The molecule has 2 aliphatic rings. The number of amides is 4. The smallest absolute Gasteiger partial charge is 0.328 e. The van der Waals surface area contributed by atoms with Crippen LogP contribution in [-0.2, 0) is 9.59 Å². The van der Waals surface area contributed by atoms with Crippen LogP contribution in [0.5, 0.6) is 0 Å². The third-order valence-corrected chi connectivity index (χ3v) is 6.51. The number of imide groups is 2. The van der Waals surface area contributed by atoms with Gasteiger partial charge in [0.05, 0.1) is 6.04 Å². The molecule has 2 fully saturated rings. The molecular formula is C23H34N6O3. The first-order valence-electron chi connectivity index (χ1n) is 11.5. The second kappa shape index (κ2) is 10.6. The Morgan fingerprint density at radius 2 is 1.69 bits per heavy atom. The molecule has 0 spiro atoms. The van der Waals surface area contributed by atoms with E-state index in [2.05, 4.69) is 27.8 Å². The van der Waals surface area contributed by atoms with Crippen molar-refractivity contribution in [1.29, 1.82) is 5.41 Å². The molecule has 0 bridgehead atoms. The summed E-state index contributed by atoms with van der Waals surface area (Å²) in [6.07, 6.45) is 6.57. The lowest BCUT2D eigenvalue weighted by molar-refractivity contribution is -0.147. The lowest BCUT2D eigenvalue weighted by Crippen LogP contribution is -2.72. The van der Waals surface area contributed by atoms with E-state index in [1.165, 1.54) is 6.42 Å². The van der Waals surface area contributed by atoms with Gasteiger partial charge in [0.2, 0.25) is 11.8 Å². The molecule has 9 heteroatoms. The summed E-state index contributed by atoms with van der Waals surface area (Å²) in [6, 6.07) is 6.03. The van der Waals surface area contributed by atoms with E-state index < -0.39 is 29.3 Å². The molecule has 0 saturated carbocycles. The molecule has 0 aromatic heterocycles. The van der Waals surface area contributed by atoms with Crippen LogP contribution in [0.4, 0.5) is 10.5 Å². The van der Waals surface area contributed by atoms with Crippen LogP contribution in [0.15, 0.2) is 24.3 Å². The summed E-state index contributed by atoms with van der Waals surface area (Å²) < 4.78 is 0. The number of nitrogens with two attached hydrogens (primary N) is 1. The number of barbiturate groups is 1. The van der Waals surface area contributed by atoms with Gasteiger partial charge in [-0.05, 0) is 30.7 Å². The molecule has 1 aromatic carbocycles. The first-order valence-corrected chi connectivity index (χ1v) is 11.5. The highest BCUT2D eigenvalue weighted by atomic mass is 16.2. The average Bonchev–Trinajstić information content (AvgIpc) is 2.78. The van der Waals surface area contributed by atoms with E-state index >= 15 is 0 Å². The molecule has 0 radical (unpaired) electrons. The largest absolute Gasteiger partial charge is 0.384 e. The van der Waals surface area contributed by atoms with Gasteiger partial charge >= 0.3 is 6.03 Å². The Labute approximate surface area is 189 Å². The van der Waals surface area contributed by atoms with E-state index in [1.807, 2.05) is 12.1 Å². The maximum atomic E-state index is 13.2. The predicted octanol–water partition coefficient (Wildman–Crippen LogP) is 1.85. The third-order valence-electron chi connectivity index (χ3n) is 6.51. The van der Waals surface area contributed by atoms with Crippen molar-refractivity contribution in [3.8, 4) is 0 Å². The van der Waals surface area contributed by atoms with Gasteiger partial charge in [-0.2, -0.15) is 0 Å². The Hall–Kier alpha value is -2.94. The number of benzene rings is 1. The van der Waals surface area contributed by atoms with Crippen molar-refractivity contribution >= 4 is 29.4 Å². The number of unbranched alkanes of at least 4 members (excludes halogenated alkanes) is 5. The monoisotopic (exact) mass is 442 g/mol. The molecule has 4 amide bonds. The minimum atomic E-state index is -1.37. The lowest BCUT2D eigenvalue weighted by atomic mass is 9.71. The van der Waals surface area contributed by atoms with Crippen molar-refractivity contribution in [3.63, 3.8) is 0 Å². The zero-order valence-corrected chi connectivity index (χ0v) is 18.7. The number of nitrogens with zero attached hydrogens (tertiary/aromatic N) is 1. The molecule has 2 aliphatic heterocycles. The van der Waals surface area contributed by atoms with Gasteiger partial charge in [0, 0.05) is 30.9 Å². The fraction of sp³-hybridized carbons (Fsp3) is 0.565. The van der Waals surface area contributed by atoms with Crippen molar-refractivity contribution in [1.82, 2.24) is 16.0 Å². The summed E-state index contributed by atoms with van der Waals surface area (Å²) in [5.41, 5.74) is 5.67. The molecule has 6 N–H and O–H groups in total. The summed E-state index contributed by atoms with van der Waals surface area (Å²) >= 11 is 0. The number of urea groups is 1. The van der Waals surface area contributed by atoms with E-state index in [1.54, 1.807) is 12.1 Å². The molecule has 2 saturated heterocycles. The summed E-state index contributed by atoms with van der Waals surface area (Å²) in [5, 5.41) is 15.6. The van der Waals surface area contributed by atoms with E-state index in [0.29, 0.717) is 31.6 Å². The molecule has 174 valence electrons. The Morgan fingerprint density at radius 1 is 1.06 bits per heavy atom. The molecule has 1 aromatic rings. The first kappa shape index (κ1) is 23.7. The first-order chi connectivity index (χ1) is 15.4. The Morgan fingerprint density at radius 3 is 2.31 bits per heavy atom. The van der Waals surface area contributed by atoms with E-state index in [0.717, 1.165) is 37.8 Å². The van der Waals surface area contributed by atoms with Crippen LogP contribution >= 0.6 is 0 Å². The summed E-state index contributed by atoms with van der Waals surface area (Å²) in [6.45, 7) is 3.92. The van der Waals surface area contributed by atoms with Crippen LogP contribution in [0.3, 0.4) is 0 Å². The third kappa shape index (κ3) is 4.93. The summed E-state index contributed by atoms with van der Waals surface area (Å²) in [7, 11) is 0. The molecular weight excluding hydrogens is 408 g/mol. The number of amidine groups is 1. The summed E-state index contributed by atoms with van der Waals surface area (Å²) in [4.78, 5) is 40.4. The van der Waals surface area contributed by atoms with Gasteiger partial charge in [-0.15, -0.1) is 0 Å². The average molecular weight is 443 g/mol. The highest BCUT2D eigenvalue weighted by Crippen LogP contribution is 2.38. The Bertz CT molecular complexity index is 834. The van der Waals surface area contributed by atoms with Crippen molar-refractivity contribution in [2.45, 2.75) is 57.9 Å². The molecule has 0 aliphatic carbocycles. The second-order valence-electron chi connectivity index (χ2n) is 8.60. The minimum absolute atomic E-state index is 0.0162. The molecule has 32 heavy (non-hydrogen) atoms.